The number of aryl methyl sites for hydroxylation is 1. The molecule has 0 spiro atoms. The molecule has 3 heteroatoms. The van der Waals surface area contributed by atoms with Gasteiger partial charge in [0.05, 0.1) is 6.61 Å². The predicted octanol–water partition coefficient (Wildman–Crippen LogP) is 2.35. The van der Waals surface area contributed by atoms with E-state index in [0.717, 1.165) is 44.4 Å². The van der Waals surface area contributed by atoms with Crippen molar-refractivity contribution in [2.45, 2.75) is 25.9 Å². The van der Waals surface area contributed by atoms with Crippen molar-refractivity contribution in [1.82, 2.24) is 4.90 Å². The Labute approximate surface area is 115 Å². The highest BCUT2D eigenvalue weighted by Crippen LogP contribution is 2.24. The molecule has 104 valence electrons. The molecule has 2 heterocycles. The summed E-state index contributed by atoms with van der Waals surface area (Å²) in [5, 5.41) is 0. The van der Waals surface area contributed by atoms with Crippen molar-refractivity contribution in [2.24, 2.45) is 5.92 Å². The van der Waals surface area contributed by atoms with Crippen LogP contribution in [-0.2, 0) is 11.2 Å². The van der Waals surface area contributed by atoms with Gasteiger partial charge in [-0.25, -0.2) is 0 Å². The lowest BCUT2D eigenvalue weighted by Gasteiger charge is -2.40. The van der Waals surface area contributed by atoms with E-state index in [1.165, 1.54) is 18.5 Å². The number of hydrogen-bond acceptors (Lipinski definition) is 3. The Bertz CT molecular complexity index is 409. The number of nitrogens with zero attached hydrogens (tertiary/aromatic N) is 1. The van der Waals surface area contributed by atoms with Crippen LogP contribution in [0.15, 0.2) is 24.3 Å². The largest absolute Gasteiger partial charge is 0.487 e. The average molecular weight is 261 g/mol. The summed E-state index contributed by atoms with van der Waals surface area (Å²) in [5.74, 6) is 1.81. The van der Waals surface area contributed by atoms with E-state index >= 15 is 0 Å². The van der Waals surface area contributed by atoms with Crippen LogP contribution in [-0.4, -0.2) is 43.9 Å². The molecule has 0 amide bonds. The second kappa shape index (κ2) is 5.93. The topological polar surface area (TPSA) is 21.7 Å². The molecule has 0 unspecified atom stereocenters. The van der Waals surface area contributed by atoms with Gasteiger partial charge >= 0.3 is 0 Å². The smallest absolute Gasteiger partial charge is 0.124 e. The molecule has 0 bridgehead atoms. The van der Waals surface area contributed by atoms with Crippen LogP contribution < -0.4 is 4.74 Å². The number of ether oxygens (including phenoxy) is 2. The van der Waals surface area contributed by atoms with E-state index in [0.29, 0.717) is 6.10 Å². The van der Waals surface area contributed by atoms with E-state index in [2.05, 4.69) is 36.1 Å². The van der Waals surface area contributed by atoms with Crippen molar-refractivity contribution in [3.05, 3.63) is 29.8 Å². The summed E-state index contributed by atoms with van der Waals surface area (Å²) in [6, 6.07) is 8.38. The third kappa shape index (κ3) is 3.10. The minimum atomic E-state index is 0.370. The third-order valence-electron chi connectivity index (χ3n) is 4.11. The van der Waals surface area contributed by atoms with Crippen LogP contribution >= 0.6 is 0 Å². The molecular weight excluding hydrogens is 238 g/mol. The molecule has 0 aliphatic carbocycles. The summed E-state index contributed by atoms with van der Waals surface area (Å²) < 4.78 is 11.5. The van der Waals surface area contributed by atoms with Gasteiger partial charge in [-0.15, -0.1) is 0 Å². The monoisotopic (exact) mass is 261 g/mol. The van der Waals surface area contributed by atoms with Gasteiger partial charge in [0.15, 0.2) is 0 Å². The molecule has 2 aliphatic heterocycles. The Morgan fingerprint density at radius 3 is 2.89 bits per heavy atom. The molecular formula is C16H23NO2. The van der Waals surface area contributed by atoms with Gasteiger partial charge in [-0.2, -0.15) is 0 Å². The van der Waals surface area contributed by atoms with E-state index in [1.807, 2.05) is 0 Å². The van der Waals surface area contributed by atoms with Crippen molar-refractivity contribution in [3.63, 3.8) is 0 Å². The summed E-state index contributed by atoms with van der Waals surface area (Å²) in [7, 11) is 0. The zero-order valence-electron chi connectivity index (χ0n) is 11.7. The van der Waals surface area contributed by atoms with E-state index in [4.69, 9.17) is 9.47 Å². The maximum Gasteiger partial charge on any atom is 0.124 e. The zero-order chi connectivity index (χ0) is 13.1. The molecule has 2 saturated heterocycles. The normalized spacial score (nSPS) is 24.4. The average Bonchev–Trinajstić information content (AvgIpc) is 2.89. The lowest BCUT2D eigenvalue weighted by molar-refractivity contribution is 0.00867. The van der Waals surface area contributed by atoms with Crippen LogP contribution in [0.2, 0.25) is 0 Å². The van der Waals surface area contributed by atoms with Crippen molar-refractivity contribution in [2.75, 3.05) is 32.8 Å². The van der Waals surface area contributed by atoms with Gasteiger partial charge in [-0.1, -0.05) is 25.1 Å². The fourth-order valence-electron chi connectivity index (χ4n) is 2.93. The van der Waals surface area contributed by atoms with E-state index in [9.17, 15) is 0 Å². The molecule has 2 aliphatic rings. The van der Waals surface area contributed by atoms with E-state index < -0.39 is 0 Å². The molecule has 1 aromatic carbocycles. The van der Waals surface area contributed by atoms with Gasteiger partial charge in [0.25, 0.3) is 0 Å². The molecule has 0 N–H and O–H groups in total. The number of rotatable bonds is 5. The number of likely N-dealkylation sites (tertiary alicyclic amines) is 1. The van der Waals surface area contributed by atoms with Gasteiger partial charge in [0.1, 0.15) is 11.9 Å². The molecule has 1 aromatic rings. The highest BCUT2D eigenvalue weighted by Gasteiger charge is 2.31. The Morgan fingerprint density at radius 2 is 2.16 bits per heavy atom. The fourth-order valence-corrected chi connectivity index (χ4v) is 2.93. The summed E-state index contributed by atoms with van der Waals surface area (Å²) in [5.41, 5.74) is 1.31. The van der Waals surface area contributed by atoms with Crippen LogP contribution in [0.25, 0.3) is 0 Å². The molecule has 2 fully saturated rings. The predicted molar refractivity (Wildman–Crippen MR) is 75.6 cm³/mol. The minimum Gasteiger partial charge on any atom is -0.487 e. The lowest BCUT2D eigenvalue weighted by Crippen LogP contribution is -2.55. The minimum absolute atomic E-state index is 0.370. The van der Waals surface area contributed by atoms with Crippen molar-refractivity contribution < 1.29 is 9.47 Å². The van der Waals surface area contributed by atoms with Crippen LogP contribution in [0.1, 0.15) is 18.9 Å². The quantitative estimate of drug-likeness (QED) is 0.812. The van der Waals surface area contributed by atoms with Gasteiger partial charge in [-0.3, -0.25) is 4.90 Å². The van der Waals surface area contributed by atoms with Gasteiger partial charge in [0, 0.05) is 26.2 Å². The van der Waals surface area contributed by atoms with Crippen LogP contribution in [0.3, 0.4) is 0 Å². The highest BCUT2D eigenvalue weighted by atomic mass is 16.5. The fraction of sp³-hybridized carbons (Fsp3) is 0.625. The van der Waals surface area contributed by atoms with Crippen LogP contribution in [0, 0.1) is 5.92 Å². The van der Waals surface area contributed by atoms with Gasteiger partial charge < -0.3 is 9.47 Å². The third-order valence-corrected chi connectivity index (χ3v) is 4.11. The molecule has 0 aromatic heterocycles. The SMILES string of the molecule is CCc1ccccc1OC1CN(C[C@H]2CCOC2)C1. The van der Waals surface area contributed by atoms with Crippen molar-refractivity contribution in [1.29, 1.82) is 0 Å². The maximum absolute atomic E-state index is 6.09. The number of hydrogen-bond donors (Lipinski definition) is 0. The Balaban J connectivity index is 1.45. The van der Waals surface area contributed by atoms with Crippen molar-refractivity contribution in [3.8, 4) is 5.75 Å². The maximum atomic E-state index is 6.09. The van der Waals surface area contributed by atoms with E-state index in [-0.39, 0.29) is 0 Å². The standard InChI is InChI=1S/C16H23NO2/c1-2-14-5-3-4-6-16(14)19-15-10-17(11-15)9-13-7-8-18-12-13/h3-6,13,15H,2,7-12H2,1H3/t13-/m1/s1. The molecule has 0 radical (unpaired) electrons. The molecule has 1 atom stereocenters. The van der Waals surface area contributed by atoms with Crippen molar-refractivity contribution >= 4 is 0 Å². The Hall–Kier alpha value is -1.06. The number of benzene rings is 1. The first-order valence-corrected chi connectivity index (χ1v) is 7.40. The summed E-state index contributed by atoms with van der Waals surface area (Å²) >= 11 is 0. The Kier molecular flexibility index (Phi) is 4.04. The molecule has 3 nitrogen and oxygen atoms in total. The summed E-state index contributed by atoms with van der Waals surface area (Å²) in [6.07, 6.45) is 2.63. The first-order valence-electron chi connectivity index (χ1n) is 7.40. The highest BCUT2D eigenvalue weighted by molar-refractivity contribution is 5.33. The molecule has 19 heavy (non-hydrogen) atoms. The second-order valence-electron chi connectivity index (χ2n) is 5.65. The Morgan fingerprint density at radius 1 is 1.32 bits per heavy atom. The van der Waals surface area contributed by atoms with Crippen LogP contribution in [0.4, 0.5) is 0 Å². The first kappa shape index (κ1) is 12.9. The van der Waals surface area contributed by atoms with Gasteiger partial charge in [0.2, 0.25) is 0 Å². The lowest BCUT2D eigenvalue weighted by atomic mass is 10.0. The second-order valence-corrected chi connectivity index (χ2v) is 5.65. The zero-order valence-corrected chi connectivity index (χ0v) is 11.7. The summed E-state index contributed by atoms with van der Waals surface area (Å²) in [6.45, 7) is 7.37. The van der Waals surface area contributed by atoms with Gasteiger partial charge in [-0.05, 0) is 30.4 Å². The molecule has 0 saturated carbocycles. The van der Waals surface area contributed by atoms with Crippen LogP contribution in [0.5, 0.6) is 5.75 Å². The first-order chi connectivity index (χ1) is 9.35. The molecule has 3 rings (SSSR count). The number of para-hydroxylation sites is 1. The van der Waals surface area contributed by atoms with E-state index in [1.54, 1.807) is 0 Å². The summed E-state index contributed by atoms with van der Waals surface area (Å²) in [4.78, 5) is 2.48.